The van der Waals surface area contributed by atoms with Gasteiger partial charge in [0.25, 0.3) is 5.91 Å². The molecular weight excluding hydrogens is 356 g/mol. The number of hydrogen-bond donors (Lipinski definition) is 1. The smallest absolute Gasteiger partial charge is 0.340 e. The van der Waals surface area contributed by atoms with Crippen molar-refractivity contribution in [1.29, 1.82) is 0 Å². The molecule has 7 heteroatoms. The second kappa shape index (κ2) is 8.17. The van der Waals surface area contributed by atoms with Crippen LogP contribution in [-0.4, -0.2) is 24.0 Å². The molecule has 2 rings (SSSR count). The van der Waals surface area contributed by atoms with Crippen LogP contribution in [0.25, 0.3) is 0 Å². The van der Waals surface area contributed by atoms with Crippen molar-refractivity contribution in [2.24, 2.45) is 5.92 Å². The van der Waals surface area contributed by atoms with Gasteiger partial charge in [0.05, 0.1) is 15.6 Å². The van der Waals surface area contributed by atoms with E-state index in [4.69, 9.17) is 27.9 Å². The van der Waals surface area contributed by atoms with E-state index in [9.17, 15) is 14.0 Å². The highest BCUT2D eigenvalue weighted by Crippen LogP contribution is 2.26. The summed E-state index contributed by atoms with van der Waals surface area (Å²) < 4.78 is 18.6. The van der Waals surface area contributed by atoms with Gasteiger partial charge < -0.3 is 10.1 Å². The van der Waals surface area contributed by atoms with Crippen molar-refractivity contribution in [1.82, 2.24) is 5.32 Å². The molecule has 0 spiro atoms. The maximum absolute atomic E-state index is 13.5. The van der Waals surface area contributed by atoms with Crippen LogP contribution in [0.15, 0.2) is 12.1 Å². The number of nitrogens with one attached hydrogen (secondary N) is 1. The zero-order valence-electron chi connectivity index (χ0n) is 13.6. The van der Waals surface area contributed by atoms with E-state index < -0.39 is 17.9 Å². The van der Waals surface area contributed by atoms with Gasteiger partial charge in [-0.25, -0.2) is 9.18 Å². The van der Waals surface area contributed by atoms with Gasteiger partial charge in [0.2, 0.25) is 0 Å². The summed E-state index contributed by atoms with van der Waals surface area (Å²) in [6.45, 7) is 3.57. The molecule has 0 radical (unpaired) electrons. The third-order valence-electron chi connectivity index (χ3n) is 4.32. The van der Waals surface area contributed by atoms with Gasteiger partial charge >= 0.3 is 5.97 Å². The Balaban J connectivity index is 1.98. The van der Waals surface area contributed by atoms with Crippen molar-refractivity contribution in [2.45, 2.75) is 51.7 Å². The molecule has 1 fully saturated rings. The Morgan fingerprint density at radius 3 is 2.58 bits per heavy atom. The molecule has 132 valence electrons. The van der Waals surface area contributed by atoms with Gasteiger partial charge in [-0.2, -0.15) is 0 Å². The lowest BCUT2D eigenvalue weighted by Gasteiger charge is -2.30. The van der Waals surface area contributed by atoms with E-state index >= 15 is 0 Å². The number of carbonyl (C=O) groups excluding carboxylic acids is 2. The molecule has 3 atom stereocenters. The highest BCUT2D eigenvalue weighted by Gasteiger charge is 2.27. The van der Waals surface area contributed by atoms with Crippen LogP contribution in [0.2, 0.25) is 10.0 Å². The van der Waals surface area contributed by atoms with Crippen LogP contribution in [0.3, 0.4) is 0 Å². The third kappa shape index (κ3) is 4.61. The molecule has 1 aromatic carbocycles. The Labute approximate surface area is 150 Å². The summed E-state index contributed by atoms with van der Waals surface area (Å²) in [7, 11) is 0. The average Bonchev–Trinajstić information content (AvgIpc) is 2.52. The first-order valence-corrected chi connectivity index (χ1v) is 8.71. The number of rotatable bonds is 4. The summed E-state index contributed by atoms with van der Waals surface area (Å²) >= 11 is 11.5. The number of ether oxygens (including phenoxy) is 1. The molecule has 0 aliphatic heterocycles. The van der Waals surface area contributed by atoms with Gasteiger partial charge in [0.1, 0.15) is 5.82 Å². The highest BCUT2D eigenvalue weighted by molar-refractivity contribution is 6.36. The molecule has 24 heavy (non-hydrogen) atoms. The van der Waals surface area contributed by atoms with E-state index in [1.807, 2.05) is 0 Å². The number of carbonyl (C=O) groups is 2. The lowest BCUT2D eigenvalue weighted by Crippen LogP contribution is -2.46. The van der Waals surface area contributed by atoms with Crippen LogP contribution < -0.4 is 5.32 Å². The standard InChI is InChI=1S/C17H20Cl2FNO3/c1-9-5-3-4-6-15(9)21-16(22)10(2)24-17(23)11-7-14(20)13(19)8-12(11)18/h7-10,15H,3-6H2,1-2H3,(H,21,22)/t9-,10-,15+/m1/s1. The Morgan fingerprint density at radius 1 is 1.25 bits per heavy atom. The minimum absolute atomic E-state index is 0.0279. The van der Waals surface area contributed by atoms with Gasteiger partial charge in [0, 0.05) is 6.04 Å². The first-order valence-electron chi connectivity index (χ1n) is 7.95. The fraction of sp³-hybridized carbons (Fsp3) is 0.529. The molecule has 1 aliphatic carbocycles. The summed E-state index contributed by atoms with van der Waals surface area (Å²) in [5.74, 6) is -1.62. The lowest BCUT2D eigenvalue weighted by molar-refractivity contribution is -0.130. The fourth-order valence-electron chi connectivity index (χ4n) is 2.79. The van der Waals surface area contributed by atoms with Crippen molar-refractivity contribution >= 4 is 35.1 Å². The van der Waals surface area contributed by atoms with Crippen LogP contribution in [0, 0.1) is 11.7 Å². The SMILES string of the molecule is C[C@@H]1CCCC[C@@H]1NC(=O)[C@@H](C)OC(=O)c1cc(F)c(Cl)cc1Cl. The van der Waals surface area contributed by atoms with Crippen LogP contribution in [0.1, 0.15) is 49.9 Å². The molecule has 1 saturated carbocycles. The van der Waals surface area contributed by atoms with Gasteiger partial charge in [-0.15, -0.1) is 0 Å². The predicted molar refractivity (Wildman–Crippen MR) is 90.9 cm³/mol. The largest absolute Gasteiger partial charge is 0.449 e. The summed E-state index contributed by atoms with van der Waals surface area (Å²) in [4.78, 5) is 24.3. The Kier molecular flexibility index (Phi) is 6.47. The quantitative estimate of drug-likeness (QED) is 0.627. The molecule has 0 unspecified atom stereocenters. The molecule has 0 bridgehead atoms. The number of halogens is 3. The normalized spacial score (nSPS) is 21.9. The molecule has 4 nitrogen and oxygen atoms in total. The summed E-state index contributed by atoms with van der Waals surface area (Å²) in [6, 6.07) is 2.12. The third-order valence-corrected chi connectivity index (χ3v) is 4.92. The highest BCUT2D eigenvalue weighted by atomic mass is 35.5. The van der Waals surface area contributed by atoms with Crippen LogP contribution in [0.4, 0.5) is 4.39 Å². The zero-order valence-corrected chi connectivity index (χ0v) is 15.1. The molecule has 1 amide bonds. The van der Waals surface area contributed by atoms with Crippen LogP contribution >= 0.6 is 23.2 Å². The lowest BCUT2D eigenvalue weighted by atomic mass is 9.86. The average molecular weight is 376 g/mol. The van der Waals surface area contributed by atoms with Crippen molar-refractivity contribution in [3.05, 3.63) is 33.6 Å². The number of benzene rings is 1. The zero-order chi connectivity index (χ0) is 17.9. The van der Waals surface area contributed by atoms with E-state index in [2.05, 4.69) is 12.2 Å². The van der Waals surface area contributed by atoms with E-state index in [0.29, 0.717) is 5.92 Å². The molecular formula is C17H20Cl2FNO3. The summed E-state index contributed by atoms with van der Waals surface area (Å²) in [5, 5.41) is 2.70. The minimum Gasteiger partial charge on any atom is -0.449 e. The van der Waals surface area contributed by atoms with Crippen LogP contribution in [-0.2, 0) is 9.53 Å². The van der Waals surface area contributed by atoms with E-state index in [1.165, 1.54) is 13.3 Å². The first-order chi connectivity index (χ1) is 11.3. The topological polar surface area (TPSA) is 55.4 Å². The van der Waals surface area contributed by atoms with Gasteiger partial charge in [-0.1, -0.05) is 43.0 Å². The van der Waals surface area contributed by atoms with Crippen LogP contribution in [0.5, 0.6) is 0 Å². The number of hydrogen-bond acceptors (Lipinski definition) is 3. The summed E-state index contributed by atoms with van der Waals surface area (Å²) in [5.41, 5.74) is -0.163. The predicted octanol–water partition coefficient (Wildman–Crippen LogP) is 4.37. The number of esters is 1. The van der Waals surface area contributed by atoms with E-state index in [0.717, 1.165) is 31.4 Å². The van der Waals surface area contributed by atoms with Crippen molar-refractivity contribution in [3.8, 4) is 0 Å². The first kappa shape index (κ1) is 19.0. The monoisotopic (exact) mass is 375 g/mol. The van der Waals surface area contributed by atoms with Crippen molar-refractivity contribution < 1.29 is 18.7 Å². The van der Waals surface area contributed by atoms with Crippen molar-refractivity contribution in [2.75, 3.05) is 0 Å². The molecule has 1 aliphatic rings. The van der Waals surface area contributed by atoms with Crippen molar-refractivity contribution in [3.63, 3.8) is 0 Å². The molecule has 0 heterocycles. The van der Waals surface area contributed by atoms with Gasteiger partial charge in [-0.05, 0) is 37.8 Å². The minimum atomic E-state index is -0.999. The molecule has 0 aromatic heterocycles. The molecule has 1 aromatic rings. The Morgan fingerprint density at radius 2 is 1.92 bits per heavy atom. The second-order valence-corrected chi connectivity index (χ2v) is 6.98. The fourth-order valence-corrected chi connectivity index (χ4v) is 3.25. The number of amides is 1. The van der Waals surface area contributed by atoms with Gasteiger partial charge in [-0.3, -0.25) is 4.79 Å². The Hall–Kier alpha value is -1.33. The maximum atomic E-state index is 13.5. The van der Waals surface area contributed by atoms with E-state index in [1.54, 1.807) is 0 Å². The molecule has 1 N–H and O–H groups in total. The van der Waals surface area contributed by atoms with E-state index in [-0.39, 0.29) is 27.6 Å². The second-order valence-electron chi connectivity index (χ2n) is 6.17. The van der Waals surface area contributed by atoms with Gasteiger partial charge in [0.15, 0.2) is 6.10 Å². The maximum Gasteiger partial charge on any atom is 0.340 e. The summed E-state index contributed by atoms with van der Waals surface area (Å²) in [6.07, 6.45) is 3.23. The Bertz CT molecular complexity index is 639. The molecule has 0 saturated heterocycles.